The van der Waals surface area contributed by atoms with Crippen LogP contribution in [-0.2, 0) is 0 Å². The first-order valence-corrected chi connectivity index (χ1v) is 4.72. The van der Waals surface area contributed by atoms with E-state index in [-0.39, 0.29) is 0 Å². The first-order chi connectivity index (χ1) is 5.66. The number of anilines is 1. The summed E-state index contributed by atoms with van der Waals surface area (Å²) in [5.41, 5.74) is 3.87. The molecular weight excluding hydrogens is 162 g/mol. The third kappa shape index (κ3) is 1.69. The molecule has 1 aromatic carbocycles. The SMILES string of the molecule is CCNc1ccc([Si])c(C)c1C. The Morgan fingerprint density at radius 3 is 2.50 bits per heavy atom. The van der Waals surface area contributed by atoms with Crippen molar-refractivity contribution in [1.82, 2.24) is 0 Å². The van der Waals surface area contributed by atoms with E-state index in [9.17, 15) is 0 Å². The normalized spacial score (nSPS) is 10.0. The molecule has 1 N–H and O–H groups in total. The van der Waals surface area contributed by atoms with Crippen molar-refractivity contribution in [1.29, 1.82) is 0 Å². The summed E-state index contributed by atoms with van der Waals surface area (Å²) in [6.45, 7) is 7.34. The molecule has 0 amide bonds. The number of rotatable bonds is 2. The monoisotopic (exact) mass is 176 g/mol. The molecule has 0 bridgehead atoms. The first-order valence-electron chi connectivity index (χ1n) is 4.22. The van der Waals surface area contributed by atoms with E-state index < -0.39 is 0 Å². The molecule has 12 heavy (non-hydrogen) atoms. The van der Waals surface area contributed by atoms with Gasteiger partial charge in [-0.1, -0.05) is 11.3 Å². The molecule has 63 valence electrons. The summed E-state index contributed by atoms with van der Waals surface area (Å²) in [5.74, 6) is 0. The van der Waals surface area contributed by atoms with E-state index >= 15 is 0 Å². The highest BCUT2D eigenvalue weighted by Crippen LogP contribution is 2.15. The van der Waals surface area contributed by atoms with Crippen molar-refractivity contribution in [3.8, 4) is 0 Å². The Hall–Kier alpha value is -0.763. The maximum Gasteiger partial charge on any atom is 0.0715 e. The molecule has 0 spiro atoms. The first kappa shape index (κ1) is 9.33. The molecule has 1 nitrogen and oxygen atoms in total. The van der Waals surface area contributed by atoms with Gasteiger partial charge < -0.3 is 5.32 Å². The van der Waals surface area contributed by atoms with Gasteiger partial charge in [0.1, 0.15) is 0 Å². The van der Waals surface area contributed by atoms with E-state index in [1.165, 1.54) is 22.0 Å². The summed E-state index contributed by atoms with van der Waals surface area (Å²) in [6, 6.07) is 4.19. The summed E-state index contributed by atoms with van der Waals surface area (Å²) in [4.78, 5) is 0. The van der Waals surface area contributed by atoms with E-state index in [0.717, 1.165) is 6.54 Å². The van der Waals surface area contributed by atoms with Gasteiger partial charge in [0.25, 0.3) is 0 Å². The Morgan fingerprint density at radius 2 is 1.92 bits per heavy atom. The van der Waals surface area contributed by atoms with Gasteiger partial charge in [-0.25, -0.2) is 0 Å². The van der Waals surface area contributed by atoms with Crippen LogP contribution >= 0.6 is 0 Å². The molecule has 0 aliphatic rings. The minimum absolute atomic E-state index is 0.974. The minimum Gasteiger partial charge on any atom is -0.385 e. The van der Waals surface area contributed by atoms with Crippen LogP contribution in [0.15, 0.2) is 12.1 Å². The van der Waals surface area contributed by atoms with Crippen LogP contribution in [0.2, 0.25) is 0 Å². The highest BCUT2D eigenvalue weighted by Gasteiger charge is 2.01. The predicted molar refractivity (Wildman–Crippen MR) is 55.5 cm³/mol. The number of hydrogen-bond acceptors (Lipinski definition) is 1. The van der Waals surface area contributed by atoms with E-state index in [1.807, 2.05) is 0 Å². The Bertz CT molecular complexity index is 281. The lowest BCUT2D eigenvalue weighted by Gasteiger charge is -2.11. The lowest BCUT2D eigenvalue weighted by Crippen LogP contribution is -2.11. The number of hydrogen-bond donors (Lipinski definition) is 1. The fourth-order valence-corrected chi connectivity index (χ4v) is 1.47. The molecular formula is C10H14NSi. The second kappa shape index (κ2) is 3.76. The second-order valence-electron chi connectivity index (χ2n) is 2.94. The van der Waals surface area contributed by atoms with E-state index in [1.54, 1.807) is 0 Å². The third-order valence-electron chi connectivity index (χ3n) is 2.15. The Balaban J connectivity index is 3.08. The standard InChI is InChI=1S/C10H14NSi/c1-4-11-9-5-6-10(12)8(3)7(9)2/h5-6,11H,4H2,1-3H3. The molecule has 1 rings (SSSR count). The molecule has 0 heterocycles. The molecule has 0 atom stereocenters. The fourth-order valence-electron chi connectivity index (χ4n) is 1.20. The minimum atomic E-state index is 0.974. The summed E-state index contributed by atoms with van der Waals surface area (Å²) < 4.78 is 0. The molecule has 1 aromatic rings. The van der Waals surface area contributed by atoms with Gasteiger partial charge in [0.15, 0.2) is 0 Å². The van der Waals surface area contributed by atoms with Gasteiger partial charge >= 0.3 is 0 Å². The maximum atomic E-state index is 3.55. The number of benzene rings is 1. The van der Waals surface area contributed by atoms with Gasteiger partial charge in [-0.3, -0.25) is 0 Å². The van der Waals surface area contributed by atoms with Crippen molar-refractivity contribution in [2.75, 3.05) is 11.9 Å². The Morgan fingerprint density at radius 1 is 1.25 bits per heavy atom. The van der Waals surface area contributed by atoms with Crippen molar-refractivity contribution < 1.29 is 0 Å². The maximum absolute atomic E-state index is 3.55. The van der Waals surface area contributed by atoms with Gasteiger partial charge in [-0.2, -0.15) is 0 Å². The van der Waals surface area contributed by atoms with Crippen molar-refractivity contribution in [2.45, 2.75) is 20.8 Å². The fraction of sp³-hybridized carbons (Fsp3) is 0.400. The van der Waals surface area contributed by atoms with Crippen LogP contribution in [0.4, 0.5) is 5.69 Å². The van der Waals surface area contributed by atoms with E-state index in [0.29, 0.717) is 0 Å². The summed E-state index contributed by atoms with van der Waals surface area (Å²) in [7, 11) is 3.55. The molecule has 2 heteroatoms. The lowest BCUT2D eigenvalue weighted by molar-refractivity contribution is 1.19. The van der Waals surface area contributed by atoms with Crippen LogP contribution in [-0.4, -0.2) is 16.8 Å². The molecule has 0 unspecified atom stereocenters. The zero-order valence-electron chi connectivity index (χ0n) is 7.86. The predicted octanol–water partition coefficient (Wildman–Crippen LogP) is 1.53. The van der Waals surface area contributed by atoms with Crippen molar-refractivity contribution in [2.24, 2.45) is 0 Å². The van der Waals surface area contributed by atoms with Crippen molar-refractivity contribution in [3.05, 3.63) is 23.3 Å². The van der Waals surface area contributed by atoms with Crippen LogP contribution in [0.5, 0.6) is 0 Å². The van der Waals surface area contributed by atoms with Gasteiger partial charge in [-0.05, 0) is 38.0 Å². The Labute approximate surface area is 77.6 Å². The summed E-state index contributed by atoms with van der Waals surface area (Å²) in [5, 5.41) is 4.50. The molecule has 0 aliphatic heterocycles. The second-order valence-corrected chi connectivity index (χ2v) is 3.48. The van der Waals surface area contributed by atoms with Crippen LogP contribution in [0.3, 0.4) is 0 Å². The number of nitrogens with one attached hydrogen (secondary N) is 1. The summed E-state index contributed by atoms with van der Waals surface area (Å²) in [6.07, 6.45) is 0. The molecule has 3 radical (unpaired) electrons. The average Bonchev–Trinajstić information content (AvgIpc) is 2.07. The van der Waals surface area contributed by atoms with Crippen LogP contribution < -0.4 is 10.5 Å². The van der Waals surface area contributed by atoms with E-state index in [4.69, 9.17) is 0 Å². The molecule has 0 aromatic heterocycles. The van der Waals surface area contributed by atoms with Crippen LogP contribution in [0.25, 0.3) is 0 Å². The molecule has 0 saturated heterocycles. The average molecular weight is 176 g/mol. The van der Waals surface area contributed by atoms with Crippen LogP contribution in [0, 0.1) is 13.8 Å². The van der Waals surface area contributed by atoms with Gasteiger partial charge in [0.2, 0.25) is 0 Å². The highest BCUT2D eigenvalue weighted by atomic mass is 28.1. The quantitative estimate of drug-likeness (QED) is 0.674. The molecule has 0 saturated carbocycles. The lowest BCUT2D eigenvalue weighted by atomic mass is 10.1. The van der Waals surface area contributed by atoms with Crippen molar-refractivity contribution >= 4 is 21.1 Å². The van der Waals surface area contributed by atoms with Gasteiger partial charge in [0, 0.05) is 12.2 Å². The van der Waals surface area contributed by atoms with Crippen LogP contribution in [0.1, 0.15) is 18.1 Å². The zero-order chi connectivity index (χ0) is 9.14. The molecule has 0 aliphatic carbocycles. The molecule has 0 fully saturated rings. The van der Waals surface area contributed by atoms with E-state index in [2.05, 4.69) is 48.5 Å². The zero-order valence-corrected chi connectivity index (χ0v) is 8.86. The third-order valence-corrected chi connectivity index (χ3v) is 2.70. The smallest absolute Gasteiger partial charge is 0.0715 e. The topological polar surface area (TPSA) is 12.0 Å². The largest absolute Gasteiger partial charge is 0.385 e. The highest BCUT2D eigenvalue weighted by molar-refractivity contribution is 6.33. The van der Waals surface area contributed by atoms with Crippen molar-refractivity contribution in [3.63, 3.8) is 0 Å². The van der Waals surface area contributed by atoms with Gasteiger partial charge in [0.05, 0.1) is 10.2 Å². The van der Waals surface area contributed by atoms with Gasteiger partial charge in [-0.15, -0.1) is 0 Å². The Kier molecular flexibility index (Phi) is 2.92. The summed E-state index contributed by atoms with van der Waals surface area (Å²) >= 11 is 0.